The number of nitrogens with one attached hydrogen (secondary N) is 1. The van der Waals surface area contributed by atoms with E-state index < -0.39 is 11.2 Å². The maximum atomic E-state index is 13.6. The van der Waals surface area contributed by atoms with Crippen LogP contribution < -0.4 is 0 Å². The topological polar surface area (TPSA) is 165 Å². The normalized spacial score (nSPS) is 40.9. The van der Waals surface area contributed by atoms with Crippen molar-refractivity contribution in [3.8, 4) is 0 Å². The van der Waals surface area contributed by atoms with Crippen LogP contribution in [-0.4, -0.2) is 96.1 Å². The second-order valence-electron chi connectivity index (χ2n) is 25.8. The van der Waals surface area contributed by atoms with Crippen molar-refractivity contribution in [2.75, 3.05) is 32.8 Å². The van der Waals surface area contributed by atoms with Crippen molar-refractivity contribution in [2.24, 2.45) is 80.8 Å². The molecule has 0 saturated heterocycles. The van der Waals surface area contributed by atoms with E-state index in [4.69, 9.17) is 32.7 Å². The Bertz CT molecular complexity index is 2650. The first-order valence-corrected chi connectivity index (χ1v) is 29.7. The molecule has 16 atom stereocenters. The summed E-state index contributed by atoms with van der Waals surface area (Å²) in [6.45, 7) is 11.0. The predicted octanol–water partition coefficient (Wildman–Crippen LogP) is 12.9. The van der Waals surface area contributed by atoms with Gasteiger partial charge in [-0.2, -0.15) is 30.4 Å². The highest BCUT2D eigenvalue weighted by molar-refractivity contribution is 9.09. The SMILES string of the molecule is C.COC[C@@]1(O)CC[C@@]2(C)[C@@H](CC[C@@H]3[C@@H]2CC[C@]2(C)[C@@H](C(=O)CBr)CC[C@@H]32)C1.COC[C@@]1(O)CC[C@@]2(C)[C@@H](CC[C@@H]3[C@@H]2CC[C@]2(C)[C@@H](C(=O)Cn4nc5ccc(Cl)cc5n4)CC[C@@H]32)C1.Clc1ccc2n[nH]nc2c1. The molecule has 0 amide bonds. The van der Waals surface area contributed by atoms with Crippen LogP contribution in [0.15, 0.2) is 36.4 Å². The number of fused-ring (bicyclic) bond motifs is 12. The molecule has 2 aromatic heterocycles. The Balaban J connectivity index is 0.000000155. The van der Waals surface area contributed by atoms with E-state index in [1.165, 1.54) is 51.4 Å². The van der Waals surface area contributed by atoms with Gasteiger partial charge in [-0.25, -0.2) is 0 Å². The lowest BCUT2D eigenvalue weighted by Crippen LogP contribution is -2.57. The molecule has 0 bridgehead atoms. The molecule has 12 nitrogen and oxygen atoms in total. The van der Waals surface area contributed by atoms with E-state index in [2.05, 4.69) is 69.2 Å². The van der Waals surface area contributed by atoms with Gasteiger partial charge in [0.2, 0.25) is 0 Å². The molecule has 74 heavy (non-hydrogen) atoms. The fraction of sp³-hybridized carbons (Fsp3) is 0.763. The molecule has 3 N–H and O–H groups in total. The van der Waals surface area contributed by atoms with Crippen LogP contribution in [0.4, 0.5) is 0 Å². The lowest BCUT2D eigenvalue weighted by atomic mass is 9.44. The molecule has 12 rings (SSSR count). The summed E-state index contributed by atoms with van der Waals surface area (Å²) in [6.07, 6.45) is 20.0. The second kappa shape index (κ2) is 21.6. The first-order chi connectivity index (χ1) is 34.8. The third kappa shape index (κ3) is 10.1. The van der Waals surface area contributed by atoms with Crippen LogP contribution >= 0.6 is 39.1 Å². The number of alkyl halides is 1. The number of ketones is 2. The Morgan fingerprint density at radius 3 is 1.58 bits per heavy atom. The number of Topliss-reactive ketones (excluding diaryl/α,β-unsaturated/α-hetero) is 2. The van der Waals surface area contributed by atoms with Gasteiger partial charge in [0.25, 0.3) is 0 Å². The van der Waals surface area contributed by atoms with Crippen LogP contribution in [0.5, 0.6) is 0 Å². The van der Waals surface area contributed by atoms with Gasteiger partial charge in [0, 0.05) is 36.1 Å². The molecular weight excluding hydrogens is 1040 g/mol. The van der Waals surface area contributed by atoms with Gasteiger partial charge in [-0.3, -0.25) is 9.59 Å². The molecule has 4 aromatic rings. The number of hydrogen-bond acceptors (Lipinski definition) is 10. The zero-order valence-electron chi connectivity index (χ0n) is 44.2. The molecule has 8 aliphatic carbocycles. The summed E-state index contributed by atoms with van der Waals surface area (Å²) in [5, 5.41) is 43.2. The molecular formula is C59H85BrCl2N6O6. The van der Waals surface area contributed by atoms with E-state index in [0.717, 1.165) is 104 Å². The van der Waals surface area contributed by atoms with Crippen LogP contribution in [0.1, 0.15) is 151 Å². The molecule has 8 fully saturated rings. The summed E-state index contributed by atoms with van der Waals surface area (Å²) in [5.41, 5.74) is 2.83. The van der Waals surface area contributed by atoms with Crippen LogP contribution in [0, 0.1) is 80.8 Å². The largest absolute Gasteiger partial charge is 0.387 e. The number of halogens is 3. The number of ether oxygens (including phenoxy) is 2. The lowest BCUT2D eigenvalue weighted by Gasteiger charge is -2.62. The number of H-pyrrole nitrogens is 1. The number of carbonyl (C=O) groups is 2. The number of methoxy groups -OCH3 is 2. The second-order valence-corrected chi connectivity index (χ2v) is 27.2. The highest BCUT2D eigenvalue weighted by atomic mass is 79.9. The molecule has 2 aromatic carbocycles. The van der Waals surface area contributed by atoms with Crippen LogP contribution in [0.25, 0.3) is 22.1 Å². The third-order valence-electron chi connectivity index (χ3n) is 22.3. The van der Waals surface area contributed by atoms with Gasteiger partial charge in [0.1, 0.15) is 34.4 Å². The quantitative estimate of drug-likeness (QED) is 0.137. The smallest absolute Gasteiger partial charge is 0.159 e. The minimum atomic E-state index is -0.656. The molecule has 2 heterocycles. The van der Waals surface area contributed by atoms with E-state index in [0.29, 0.717) is 74.8 Å². The van der Waals surface area contributed by atoms with Crippen molar-refractivity contribution in [1.82, 2.24) is 30.4 Å². The molecule has 0 unspecified atom stereocenters. The lowest BCUT2D eigenvalue weighted by molar-refractivity contribution is -0.164. The molecule has 8 aliphatic rings. The average Bonchev–Trinajstić information content (AvgIpc) is 4.16. The van der Waals surface area contributed by atoms with Crippen LogP contribution in [-0.2, 0) is 25.6 Å². The highest BCUT2D eigenvalue weighted by Crippen LogP contribution is 2.70. The summed E-state index contributed by atoms with van der Waals surface area (Å²) >= 11 is 15.2. The van der Waals surface area contributed by atoms with Gasteiger partial charge in [-0.05, 0) is 221 Å². The van der Waals surface area contributed by atoms with Crippen LogP contribution in [0.3, 0.4) is 0 Å². The Morgan fingerprint density at radius 2 is 1.07 bits per heavy atom. The van der Waals surface area contributed by atoms with Gasteiger partial charge in [-0.1, -0.05) is 74.3 Å². The number of aliphatic hydroxyl groups is 2. The molecule has 8 saturated carbocycles. The van der Waals surface area contributed by atoms with Crippen molar-refractivity contribution in [3.63, 3.8) is 0 Å². The maximum absolute atomic E-state index is 13.6. The Morgan fingerprint density at radius 1 is 0.608 bits per heavy atom. The predicted molar refractivity (Wildman–Crippen MR) is 296 cm³/mol. The minimum Gasteiger partial charge on any atom is -0.387 e. The number of carbonyl (C=O) groups excluding carboxylic acids is 2. The number of aromatic amines is 1. The summed E-state index contributed by atoms with van der Waals surface area (Å²) in [7, 11) is 3.40. The van der Waals surface area contributed by atoms with E-state index in [9.17, 15) is 19.8 Å². The number of nitrogens with zero attached hydrogens (tertiary/aromatic N) is 5. The van der Waals surface area contributed by atoms with E-state index in [1.807, 2.05) is 18.2 Å². The Kier molecular flexibility index (Phi) is 16.4. The van der Waals surface area contributed by atoms with Crippen molar-refractivity contribution in [1.29, 1.82) is 0 Å². The van der Waals surface area contributed by atoms with Crippen molar-refractivity contribution in [3.05, 3.63) is 46.4 Å². The summed E-state index contributed by atoms with van der Waals surface area (Å²) < 4.78 is 10.7. The van der Waals surface area contributed by atoms with E-state index >= 15 is 0 Å². The Hall–Kier alpha value is -2.52. The molecule has 0 spiro atoms. The van der Waals surface area contributed by atoms with Crippen molar-refractivity contribution in [2.45, 2.75) is 168 Å². The monoisotopic (exact) mass is 1120 g/mol. The Labute approximate surface area is 458 Å². The van der Waals surface area contributed by atoms with Gasteiger partial charge < -0.3 is 19.7 Å². The van der Waals surface area contributed by atoms with Gasteiger partial charge in [0.05, 0.1) is 29.7 Å². The van der Waals surface area contributed by atoms with Crippen molar-refractivity contribution < 1.29 is 29.3 Å². The van der Waals surface area contributed by atoms with E-state index in [-0.39, 0.29) is 42.4 Å². The fourth-order valence-electron chi connectivity index (χ4n) is 18.7. The standard InChI is InChI=1S/C29H40ClN3O3.C23H37BrO3.C6H4ClN3.CH4/c1-27-12-13-29(35,17-36-3)15-18(27)4-6-20-21-7-8-23(28(21,2)11-10-22(20)27)26(34)16-33-31-24-9-5-19(30)14-25(24)32-33;1-21-10-11-23(26,14-27-3)12-15(21)4-5-16-17-6-7-19(20(25)13-24)22(17,2)9-8-18(16)21;7-4-1-2-5-6(3-4)9-10-8-5;/h5,9,14,18,20-23,35H,4,6-8,10-13,15-17H2,1-3H3;15-19,26H,4-14H2,1-3H3;1-3H,(H,8,9,10);1H4/t18-,20-,21-,22-,23+,27-,28-,29+;15-,16-,17-,18-,19+,21-,22-,23+;;/m00../s1. The zero-order valence-corrected chi connectivity index (χ0v) is 47.3. The number of aromatic nitrogens is 6. The first-order valence-electron chi connectivity index (χ1n) is 27.8. The minimum absolute atomic E-state index is 0. The summed E-state index contributed by atoms with van der Waals surface area (Å²) in [6, 6.07) is 10.8. The number of hydrogen-bond donors (Lipinski definition) is 3. The average molecular weight is 1130 g/mol. The van der Waals surface area contributed by atoms with Crippen molar-refractivity contribution >= 4 is 72.8 Å². The summed E-state index contributed by atoms with van der Waals surface area (Å²) in [4.78, 5) is 27.8. The number of benzene rings is 2. The van der Waals surface area contributed by atoms with Crippen LogP contribution in [0.2, 0.25) is 10.0 Å². The fourth-order valence-corrected chi connectivity index (χ4v) is 19.4. The highest BCUT2D eigenvalue weighted by Gasteiger charge is 2.64. The molecule has 0 radical (unpaired) electrons. The zero-order chi connectivity index (χ0) is 51.7. The molecule has 15 heteroatoms. The van der Waals surface area contributed by atoms with Gasteiger partial charge >= 0.3 is 0 Å². The summed E-state index contributed by atoms with van der Waals surface area (Å²) in [5.74, 6) is 6.58. The number of rotatable bonds is 9. The first kappa shape index (κ1) is 56.2. The van der Waals surface area contributed by atoms with Gasteiger partial charge in [0.15, 0.2) is 5.78 Å². The maximum Gasteiger partial charge on any atom is 0.159 e. The van der Waals surface area contributed by atoms with E-state index in [1.54, 1.807) is 37.2 Å². The van der Waals surface area contributed by atoms with Gasteiger partial charge in [-0.15, -0.1) is 0 Å². The molecule has 408 valence electrons. The third-order valence-corrected chi connectivity index (χ3v) is 23.4. The molecule has 0 aliphatic heterocycles.